The van der Waals surface area contributed by atoms with Gasteiger partial charge in [0.05, 0.1) is 0 Å². The molecule has 0 N–H and O–H groups in total. The highest BCUT2D eigenvalue weighted by molar-refractivity contribution is 5.71. The second-order valence-corrected chi connectivity index (χ2v) is 22.0. The zero-order chi connectivity index (χ0) is 55.7. The second kappa shape index (κ2) is 65.1. The summed E-state index contributed by atoms with van der Waals surface area (Å²) in [5.74, 6) is -0.887. The molecule has 0 aliphatic carbocycles. The number of rotatable bonds is 60. The SMILES string of the molecule is CC/C=C\C/C=C\C/C=C\C/C=C\C/C=C\CCCCCCCC(=O)OC(COC(=O)CCCCCCCCCCCCC)COC(=O)CCCCCCCCCCCCCCCCC/C=C\C/C=C\CCCCCCC. The maximum atomic E-state index is 12.9. The van der Waals surface area contributed by atoms with Crippen LogP contribution in [-0.4, -0.2) is 37.2 Å². The minimum absolute atomic E-state index is 0.0814. The standard InChI is InChI=1S/C71H124O6/c1-4-7-10-13-16-19-22-24-26-28-30-32-33-34-35-36-37-39-40-42-44-46-49-52-55-58-61-64-70(73)76-67-68(66-75-69(72)63-60-57-54-51-48-21-18-15-12-9-6-3)77-71(74)65-62-59-56-53-50-47-45-43-41-38-31-29-27-25-23-20-17-14-11-8-5-2/h8,11,17,20,22,24-25,27-28,30-31,38,43,45,68H,4-7,9-10,12-16,18-19,21,23,26,29,32-37,39-42,44,46-67H2,1-3H3/b11-8-,20-17-,24-22-,27-25-,30-28-,38-31-,45-43-. The molecule has 0 aromatic rings. The van der Waals surface area contributed by atoms with Gasteiger partial charge in [-0.05, 0) is 96.3 Å². The lowest BCUT2D eigenvalue weighted by atomic mass is 10.0. The van der Waals surface area contributed by atoms with E-state index < -0.39 is 6.10 Å². The van der Waals surface area contributed by atoms with Crippen LogP contribution in [0.1, 0.15) is 329 Å². The molecule has 0 aliphatic heterocycles. The summed E-state index contributed by atoms with van der Waals surface area (Å²) < 4.78 is 16.9. The Balaban J connectivity index is 4.26. The lowest BCUT2D eigenvalue weighted by molar-refractivity contribution is -0.167. The van der Waals surface area contributed by atoms with Crippen LogP contribution in [0.2, 0.25) is 0 Å². The number of hydrogen-bond acceptors (Lipinski definition) is 6. The lowest BCUT2D eigenvalue weighted by Crippen LogP contribution is -2.30. The fourth-order valence-electron chi connectivity index (χ4n) is 9.44. The Hall–Kier alpha value is -3.41. The molecule has 444 valence electrons. The molecule has 6 nitrogen and oxygen atoms in total. The first-order valence-corrected chi connectivity index (χ1v) is 33.1. The van der Waals surface area contributed by atoms with Crippen molar-refractivity contribution in [2.75, 3.05) is 13.2 Å². The van der Waals surface area contributed by atoms with Gasteiger partial charge in [0.1, 0.15) is 13.2 Å². The molecule has 0 heterocycles. The summed E-state index contributed by atoms with van der Waals surface area (Å²) in [6.45, 7) is 6.53. The van der Waals surface area contributed by atoms with E-state index in [0.29, 0.717) is 19.3 Å². The van der Waals surface area contributed by atoms with Gasteiger partial charge in [-0.3, -0.25) is 14.4 Å². The van der Waals surface area contributed by atoms with Gasteiger partial charge in [0.2, 0.25) is 0 Å². The van der Waals surface area contributed by atoms with Gasteiger partial charge in [-0.15, -0.1) is 0 Å². The van der Waals surface area contributed by atoms with Crippen LogP contribution in [0.3, 0.4) is 0 Å². The number of allylic oxidation sites excluding steroid dienone is 14. The maximum Gasteiger partial charge on any atom is 0.306 e. The fraction of sp³-hybridized carbons (Fsp3) is 0.761. The molecule has 1 atom stereocenters. The third kappa shape index (κ3) is 63.3. The Morgan fingerprint density at radius 1 is 0.273 bits per heavy atom. The lowest BCUT2D eigenvalue weighted by Gasteiger charge is -2.18. The summed E-state index contributed by atoms with van der Waals surface area (Å²) in [5.41, 5.74) is 0. The summed E-state index contributed by atoms with van der Waals surface area (Å²) in [7, 11) is 0. The molecule has 0 rings (SSSR count). The van der Waals surface area contributed by atoms with Crippen LogP contribution in [0, 0.1) is 0 Å². The van der Waals surface area contributed by atoms with Gasteiger partial charge in [-0.25, -0.2) is 0 Å². The average Bonchev–Trinajstić information content (AvgIpc) is 3.43. The smallest absolute Gasteiger partial charge is 0.306 e. The highest BCUT2D eigenvalue weighted by atomic mass is 16.6. The van der Waals surface area contributed by atoms with E-state index in [1.54, 1.807) is 0 Å². The second-order valence-electron chi connectivity index (χ2n) is 22.0. The molecule has 0 saturated carbocycles. The summed E-state index contributed by atoms with van der Waals surface area (Å²) in [4.78, 5) is 38.3. The summed E-state index contributed by atoms with van der Waals surface area (Å²) in [5, 5.41) is 0. The van der Waals surface area contributed by atoms with Crippen LogP contribution in [0.25, 0.3) is 0 Å². The number of unbranched alkanes of at least 4 members (excludes halogenated alkanes) is 35. The molecule has 6 heteroatoms. The fourth-order valence-corrected chi connectivity index (χ4v) is 9.44. The third-order valence-corrected chi connectivity index (χ3v) is 14.4. The molecule has 0 spiro atoms. The van der Waals surface area contributed by atoms with Gasteiger partial charge in [-0.1, -0.05) is 298 Å². The zero-order valence-corrected chi connectivity index (χ0v) is 51.0. The normalized spacial score (nSPS) is 12.6. The number of hydrogen-bond donors (Lipinski definition) is 0. The molecule has 0 radical (unpaired) electrons. The van der Waals surface area contributed by atoms with E-state index in [1.165, 1.54) is 173 Å². The molecule has 1 unspecified atom stereocenters. The molecular weight excluding hydrogens is 949 g/mol. The number of carbonyl (C=O) groups excluding carboxylic acids is 3. The van der Waals surface area contributed by atoms with Crippen molar-refractivity contribution in [3.8, 4) is 0 Å². The molecule has 0 aromatic carbocycles. The van der Waals surface area contributed by atoms with Gasteiger partial charge >= 0.3 is 17.9 Å². The summed E-state index contributed by atoms with van der Waals surface area (Å²) in [6, 6.07) is 0. The van der Waals surface area contributed by atoms with Crippen LogP contribution in [-0.2, 0) is 28.6 Å². The van der Waals surface area contributed by atoms with Crippen LogP contribution in [0.5, 0.6) is 0 Å². The molecule has 0 amide bonds. The van der Waals surface area contributed by atoms with E-state index in [0.717, 1.165) is 116 Å². The topological polar surface area (TPSA) is 78.9 Å². The highest BCUT2D eigenvalue weighted by Gasteiger charge is 2.19. The van der Waals surface area contributed by atoms with Gasteiger partial charge in [0.25, 0.3) is 0 Å². The highest BCUT2D eigenvalue weighted by Crippen LogP contribution is 2.17. The van der Waals surface area contributed by atoms with E-state index in [2.05, 4.69) is 106 Å². The number of esters is 3. The van der Waals surface area contributed by atoms with E-state index in [-0.39, 0.29) is 31.1 Å². The zero-order valence-electron chi connectivity index (χ0n) is 51.0. The molecule has 0 fully saturated rings. The Morgan fingerprint density at radius 2 is 0.506 bits per heavy atom. The van der Waals surface area contributed by atoms with Crippen molar-refractivity contribution in [1.29, 1.82) is 0 Å². The van der Waals surface area contributed by atoms with Crippen LogP contribution in [0.15, 0.2) is 85.1 Å². The van der Waals surface area contributed by atoms with Crippen LogP contribution < -0.4 is 0 Å². The van der Waals surface area contributed by atoms with Crippen molar-refractivity contribution in [2.45, 2.75) is 335 Å². The van der Waals surface area contributed by atoms with Gasteiger partial charge in [0, 0.05) is 19.3 Å². The predicted molar refractivity (Wildman–Crippen MR) is 334 cm³/mol. The molecule has 77 heavy (non-hydrogen) atoms. The first-order valence-electron chi connectivity index (χ1n) is 33.1. The first kappa shape index (κ1) is 73.6. The van der Waals surface area contributed by atoms with E-state index in [9.17, 15) is 14.4 Å². The van der Waals surface area contributed by atoms with E-state index in [1.807, 2.05) is 0 Å². The molecule has 0 aromatic heterocycles. The minimum atomic E-state index is -0.786. The molecule has 0 bridgehead atoms. The maximum absolute atomic E-state index is 12.9. The van der Waals surface area contributed by atoms with Crippen LogP contribution in [0.4, 0.5) is 0 Å². The molecular formula is C71H124O6. The third-order valence-electron chi connectivity index (χ3n) is 14.4. The number of carbonyl (C=O) groups is 3. The largest absolute Gasteiger partial charge is 0.462 e. The monoisotopic (exact) mass is 1070 g/mol. The van der Waals surface area contributed by atoms with Crippen molar-refractivity contribution in [3.05, 3.63) is 85.1 Å². The van der Waals surface area contributed by atoms with Crippen molar-refractivity contribution >= 4 is 17.9 Å². The van der Waals surface area contributed by atoms with Crippen molar-refractivity contribution in [1.82, 2.24) is 0 Å². The Bertz CT molecular complexity index is 1470. The van der Waals surface area contributed by atoms with E-state index >= 15 is 0 Å². The van der Waals surface area contributed by atoms with Gasteiger partial charge < -0.3 is 14.2 Å². The van der Waals surface area contributed by atoms with E-state index in [4.69, 9.17) is 14.2 Å². The van der Waals surface area contributed by atoms with Crippen LogP contribution >= 0.6 is 0 Å². The Kier molecular flexibility index (Phi) is 62.2. The minimum Gasteiger partial charge on any atom is -0.462 e. The average molecular weight is 1070 g/mol. The predicted octanol–water partition coefficient (Wildman–Crippen LogP) is 22.7. The molecule has 0 saturated heterocycles. The Labute approximate surface area is 477 Å². The molecule has 0 aliphatic rings. The number of ether oxygens (including phenoxy) is 3. The quantitative estimate of drug-likeness (QED) is 0.0261. The van der Waals surface area contributed by atoms with Gasteiger partial charge in [-0.2, -0.15) is 0 Å². The summed E-state index contributed by atoms with van der Waals surface area (Å²) >= 11 is 0. The first-order chi connectivity index (χ1) is 38.0. The van der Waals surface area contributed by atoms with Crippen molar-refractivity contribution in [3.63, 3.8) is 0 Å². The Morgan fingerprint density at radius 3 is 0.792 bits per heavy atom. The van der Waals surface area contributed by atoms with Crippen molar-refractivity contribution < 1.29 is 28.6 Å². The van der Waals surface area contributed by atoms with Crippen molar-refractivity contribution in [2.24, 2.45) is 0 Å². The summed E-state index contributed by atoms with van der Waals surface area (Å²) in [6.07, 6.45) is 86.0. The van der Waals surface area contributed by atoms with Gasteiger partial charge in [0.15, 0.2) is 6.10 Å².